The minimum Gasteiger partial charge on any atom is -0.478 e. The maximum Gasteiger partial charge on any atom is 0.335 e. The summed E-state index contributed by atoms with van der Waals surface area (Å²) in [6.45, 7) is 0. The van der Waals surface area contributed by atoms with Gasteiger partial charge in [0.1, 0.15) is 0 Å². The van der Waals surface area contributed by atoms with E-state index in [-0.39, 0.29) is 17.2 Å². The minimum atomic E-state index is -1.01. The van der Waals surface area contributed by atoms with Gasteiger partial charge in [-0.05, 0) is 24.3 Å². The summed E-state index contributed by atoms with van der Waals surface area (Å²) in [6.07, 6.45) is 0. The smallest absolute Gasteiger partial charge is 0.335 e. The molecule has 16 heavy (non-hydrogen) atoms. The van der Waals surface area contributed by atoms with Crippen LogP contribution in [0.2, 0.25) is 0 Å². The molecule has 0 spiro atoms. The molecule has 0 fully saturated rings. The van der Waals surface area contributed by atoms with Crippen molar-refractivity contribution in [1.29, 1.82) is 0 Å². The maximum absolute atomic E-state index is 11.4. The first kappa shape index (κ1) is 12.5. The predicted octanol–water partition coefficient (Wildman–Crippen LogP) is 0.580. The number of benzene rings is 1. The lowest BCUT2D eigenvalue weighted by Crippen LogP contribution is -2.37. The van der Waals surface area contributed by atoms with E-state index in [1.54, 1.807) is 0 Å². The van der Waals surface area contributed by atoms with E-state index in [1.807, 2.05) is 0 Å². The van der Waals surface area contributed by atoms with Gasteiger partial charge in [-0.1, -0.05) is 0 Å². The molecule has 1 atom stereocenters. The molecule has 0 saturated heterocycles. The lowest BCUT2D eigenvalue weighted by molar-refractivity contribution is -0.116. The first-order valence-corrected chi connectivity index (χ1v) is 5.18. The van der Waals surface area contributed by atoms with Crippen LogP contribution in [-0.2, 0) is 4.79 Å². The van der Waals surface area contributed by atoms with E-state index < -0.39 is 12.0 Å². The Bertz CT molecular complexity index is 392. The Morgan fingerprint density at radius 2 is 1.94 bits per heavy atom. The number of nitrogens with one attached hydrogen (secondary N) is 1. The topological polar surface area (TPSA) is 92.4 Å². The van der Waals surface area contributed by atoms with Crippen molar-refractivity contribution in [3.8, 4) is 0 Å². The van der Waals surface area contributed by atoms with Gasteiger partial charge in [-0.15, -0.1) is 0 Å². The van der Waals surface area contributed by atoms with Crippen molar-refractivity contribution in [3.63, 3.8) is 0 Å². The summed E-state index contributed by atoms with van der Waals surface area (Å²) in [5.41, 5.74) is 6.13. The molecule has 0 unspecified atom stereocenters. The van der Waals surface area contributed by atoms with Crippen LogP contribution in [0.15, 0.2) is 24.3 Å². The Kier molecular flexibility index (Phi) is 4.33. The second kappa shape index (κ2) is 5.53. The van der Waals surface area contributed by atoms with Gasteiger partial charge in [0.25, 0.3) is 0 Å². The number of anilines is 1. The molecule has 5 nitrogen and oxygen atoms in total. The van der Waals surface area contributed by atoms with Crippen LogP contribution in [-0.4, -0.2) is 28.8 Å². The van der Waals surface area contributed by atoms with Gasteiger partial charge in [0, 0.05) is 11.4 Å². The molecule has 1 aromatic rings. The fraction of sp³-hybridized carbons (Fsp3) is 0.200. The summed E-state index contributed by atoms with van der Waals surface area (Å²) < 4.78 is 0. The number of carboxylic acid groups (broad SMARTS) is 1. The van der Waals surface area contributed by atoms with Crippen molar-refractivity contribution in [2.24, 2.45) is 5.73 Å². The van der Waals surface area contributed by atoms with Crippen molar-refractivity contribution >= 4 is 30.2 Å². The van der Waals surface area contributed by atoms with Crippen molar-refractivity contribution < 1.29 is 14.7 Å². The Labute approximate surface area is 98.1 Å². The molecule has 0 heterocycles. The number of carbonyl (C=O) groups is 2. The Balaban J connectivity index is 2.69. The van der Waals surface area contributed by atoms with E-state index in [1.165, 1.54) is 24.3 Å². The number of nitrogens with two attached hydrogens (primary N) is 1. The quantitative estimate of drug-likeness (QED) is 0.579. The maximum atomic E-state index is 11.4. The minimum absolute atomic E-state index is 0.163. The molecular weight excluding hydrogens is 228 g/mol. The number of carbonyl (C=O) groups excluding carboxylic acids is 1. The van der Waals surface area contributed by atoms with Crippen LogP contribution in [0.1, 0.15) is 10.4 Å². The Morgan fingerprint density at radius 3 is 2.38 bits per heavy atom. The Hall–Kier alpha value is -1.53. The zero-order chi connectivity index (χ0) is 12.1. The number of carboxylic acids is 1. The van der Waals surface area contributed by atoms with Gasteiger partial charge in [0.05, 0.1) is 11.6 Å². The number of hydrogen-bond donors (Lipinski definition) is 4. The van der Waals surface area contributed by atoms with Gasteiger partial charge in [-0.2, -0.15) is 12.6 Å². The number of hydrogen-bond acceptors (Lipinski definition) is 4. The average molecular weight is 240 g/mol. The summed E-state index contributed by atoms with van der Waals surface area (Å²) in [7, 11) is 0. The predicted molar refractivity (Wildman–Crippen MR) is 63.9 cm³/mol. The van der Waals surface area contributed by atoms with E-state index in [0.29, 0.717) is 5.69 Å². The van der Waals surface area contributed by atoms with Crippen LogP contribution in [0.5, 0.6) is 0 Å². The lowest BCUT2D eigenvalue weighted by atomic mass is 10.2. The summed E-state index contributed by atoms with van der Waals surface area (Å²) in [5, 5.41) is 11.2. The van der Waals surface area contributed by atoms with Crippen LogP contribution in [0.25, 0.3) is 0 Å². The highest BCUT2D eigenvalue weighted by molar-refractivity contribution is 7.80. The molecule has 4 N–H and O–H groups in total. The van der Waals surface area contributed by atoms with Crippen LogP contribution in [0.3, 0.4) is 0 Å². The standard InChI is InChI=1S/C10H12N2O3S/c11-8(5-16)9(13)12-7-3-1-6(2-4-7)10(14)15/h1-4,8,16H,5,11H2,(H,12,13)(H,14,15)/t8-/m0/s1. The van der Waals surface area contributed by atoms with E-state index >= 15 is 0 Å². The highest BCUT2D eigenvalue weighted by Gasteiger charge is 2.11. The SMILES string of the molecule is N[C@@H](CS)C(=O)Nc1ccc(C(=O)O)cc1. The van der Waals surface area contributed by atoms with Crippen LogP contribution in [0.4, 0.5) is 5.69 Å². The molecule has 6 heteroatoms. The summed E-state index contributed by atoms with van der Waals surface area (Å²) in [6, 6.07) is 5.15. The molecular formula is C10H12N2O3S. The van der Waals surface area contributed by atoms with E-state index in [0.717, 1.165) is 0 Å². The van der Waals surface area contributed by atoms with Crippen LogP contribution < -0.4 is 11.1 Å². The third-order valence-electron chi connectivity index (χ3n) is 1.93. The summed E-state index contributed by atoms with van der Waals surface area (Å²) in [4.78, 5) is 21.9. The summed E-state index contributed by atoms with van der Waals surface area (Å²) in [5.74, 6) is -1.11. The average Bonchev–Trinajstić information content (AvgIpc) is 2.28. The molecule has 0 aliphatic heterocycles. The zero-order valence-electron chi connectivity index (χ0n) is 8.38. The van der Waals surface area contributed by atoms with Crippen molar-refractivity contribution in [2.75, 3.05) is 11.1 Å². The number of rotatable bonds is 4. The summed E-state index contributed by atoms with van der Waals surface area (Å²) >= 11 is 3.90. The molecule has 0 aliphatic carbocycles. The van der Waals surface area contributed by atoms with Crippen molar-refractivity contribution in [1.82, 2.24) is 0 Å². The Morgan fingerprint density at radius 1 is 1.38 bits per heavy atom. The van der Waals surface area contributed by atoms with Crippen molar-refractivity contribution in [3.05, 3.63) is 29.8 Å². The number of thiol groups is 1. The van der Waals surface area contributed by atoms with Gasteiger partial charge in [-0.25, -0.2) is 4.79 Å². The van der Waals surface area contributed by atoms with Gasteiger partial charge in [-0.3, -0.25) is 4.79 Å². The lowest BCUT2D eigenvalue weighted by Gasteiger charge is -2.09. The molecule has 0 radical (unpaired) electrons. The second-order valence-corrected chi connectivity index (χ2v) is 3.53. The molecule has 0 bridgehead atoms. The van der Waals surface area contributed by atoms with E-state index in [4.69, 9.17) is 10.8 Å². The monoisotopic (exact) mass is 240 g/mol. The van der Waals surface area contributed by atoms with E-state index in [9.17, 15) is 9.59 Å². The molecule has 1 amide bonds. The van der Waals surface area contributed by atoms with Crippen molar-refractivity contribution in [2.45, 2.75) is 6.04 Å². The molecule has 86 valence electrons. The number of aromatic carboxylic acids is 1. The van der Waals surface area contributed by atoms with Gasteiger partial charge in [0.15, 0.2) is 0 Å². The van der Waals surface area contributed by atoms with Gasteiger partial charge in [0.2, 0.25) is 5.91 Å². The highest BCUT2D eigenvalue weighted by atomic mass is 32.1. The van der Waals surface area contributed by atoms with E-state index in [2.05, 4.69) is 17.9 Å². The molecule has 0 aliphatic rings. The molecule has 0 saturated carbocycles. The largest absolute Gasteiger partial charge is 0.478 e. The molecule has 0 aromatic heterocycles. The van der Waals surface area contributed by atoms with Crippen LogP contribution in [0, 0.1) is 0 Å². The third-order valence-corrected chi connectivity index (χ3v) is 2.33. The van der Waals surface area contributed by atoms with Gasteiger partial charge >= 0.3 is 5.97 Å². The molecule has 1 aromatic carbocycles. The molecule has 1 rings (SSSR count). The second-order valence-electron chi connectivity index (χ2n) is 3.16. The fourth-order valence-corrected chi connectivity index (χ4v) is 1.18. The van der Waals surface area contributed by atoms with Crippen LogP contribution >= 0.6 is 12.6 Å². The normalized spacial score (nSPS) is 11.9. The first-order valence-electron chi connectivity index (χ1n) is 4.55. The highest BCUT2D eigenvalue weighted by Crippen LogP contribution is 2.09. The fourth-order valence-electron chi connectivity index (χ4n) is 1.01. The first-order chi connectivity index (χ1) is 7.54. The van der Waals surface area contributed by atoms with Gasteiger partial charge < -0.3 is 16.2 Å². The third kappa shape index (κ3) is 3.25. The number of amides is 1. The zero-order valence-corrected chi connectivity index (χ0v) is 9.28.